The molecule has 2 aromatic rings. The first-order chi connectivity index (χ1) is 9.15. The van der Waals surface area contributed by atoms with Crippen molar-refractivity contribution >= 4 is 5.97 Å². The Hall–Kier alpha value is -2.36. The monoisotopic (exact) mass is 257 g/mol. The Morgan fingerprint density at radius 3 is 2.58 bits per heavy atom. The van der Waals surface area contributed by atoms with Gasteiger partial charge in [0.15, 0.2) is 0 Å². The van der Waals surface area contributed by atoms with Crippen LogP contribution in [-0.4, -0.2) is 22.7 Å². The molecule has 0 saturated carbocycles. The zero-order chi connectivity index (χ0) is 13.8. The molecule has 1 aromatic carbocycles. The van der Waals surface area contributed by atoms with Crippen LogP contribution in [0.15, 0.2) is 36.5 Å². The molecule has 0 aliphatic carbocycles. The van der Waals surface area contributed by atoms with Gasteiger partial charge < -0.3 is 9.84 Å². The Kier molecular flexibility index (Phi) is 3.80. The molecular weight excluding hydrogens is 242 g/mol. The van der Waals surface area contributed by atoms with E-state index in [1.807, 2.05) is 44.2 Å². The van der Waals surface area contributed by atoms with Crippen molar-refractivity contribution in [2.75, 3.05) is 6.61 Å². The summed E-state index contributed by atoms with van der Waals surface area (Å²) in [7, 11) is 0. The SMILES string of the molecule is CCOc1c(C(=O)O)cnc(C)c1-c1ccccc1. The van der Waals surface area contributed by atoms with Crippen molar-refractivity contribution in [3.8, 4) is 16.9 Å². The summed E-state index contributed by atoms with van der Waals surface area (Å²) in [5, 5.41) is 9.23. The summed E-state index contributed by atoms with van der Waals surface area (Å²) in [6.45, 7) is 4.08. The first kappa shape index (κ1) is 13.1. The maximum atomic E-state index is 11.3. The first-order valence-electron chi connectivity index (χ1n) is 6.06. The Bertz CT molecular complexity index is 594. The maximum Gasteiger partial charge on any atom is 0.341 e. The molecule has 1 aromatic heterocycles. The van der Waals surface area contributed by atoms with Gasteiger partial charge >= 0.3 is 5.97 Å². The van der Waals surface area contributed by atoms with Crippen molar-refractivity contribution in [1.29, 1.82) is 0 Å². The van der Waals surface area contributed by atoms with E-state index in [4.69, 9.17) is 4.74 Å². The molecule has 0 aliphatic rings. The van der Waals surface area contributed by atoms with Crippen LogP contribution in [0.25, 0.3) is 11.1 Å². The largest absolute Gasteiger partial charge is 0.492 e. The Balaban J connectivity index is 2.70. The molecule has 0 atom stereocenters. The third kappa shape index (κ3) is 2.57. The van der Waals surface area contributed by atoms with Gasteiger partial charge in [-0.2, -0.15) is 0 Å². The summed E-state index contributed by atoms with van der Waals surface area (Å²) in [6.07, 6.45) is 1.34. The molecule has 98 valence electrons. The van der Waals surface area contributed by atoms with Crippen LogP contribution >= 0.6 is 0 Å². The molecule has 1 N–H and O–H groups in total. The van der Waals surface area contributed by atoms with Gasteiger partial charge in [0.2, 0.25) is 0 Å². The normalized spacial score (nSPS) is 10.2. The number of ether oxygens (including phenoxy) is 1. The summed E-state index contributed by atoms with van der Waals surface area (Å²) in [5.74, 6) is -0.651. The lowest BCUT2D eigenvalue weighted by Gasteiger charge is -2.15. The van der Waals surface area contributed by atoms with Crippen LogP contribution in [0.4, 0.5) is 0 Å². The Labute approximate surface area is 111 Å². The lowest BCUT2D eigenvalue weighted by Crippen LogP contribution is -2.07. The quantitative estimate of drug-likeness (QED) is 0.914. The summed E-state index contributed by atoms with van der Waals surface area (Å²) < 4.78 is 5.54. The van der Waals surface area contributed by atoms with Gasteiger partial charge in [-0.25, -0.2) is 4.79 Å². The van der Waals surface area contributed by atoms with Gasteiger partial charge in [0, 0.05) is 17.5 Å². The van der Waals surface area contributed by atoms with E-state index in [2.05, 4.69) is 4.98 Å². The van der Waals surface area contributed by atoms with E-state index in [1.165, 1.54) is 6.20 Å². The summed E-state index contributed by atoms with van der Waals surface area (Å²) in [6, 6.07) is 9.54. The summed E-state index contributed by atoms with van der Waals surface area (Å²) in [4.78, 5) is 15.4. The number of benzene rings is 1. The molecule has 0 saturated heterocycles. The van der Waals surface area contributed by atoms with Crippen LogP contribution in [0.5, 0.6) is 5.75 Å². The van der Waals surface area contributed by atoms with Crippen LogP contribution in [0.1, 0.15) is 23.0 Å². The van der Waals surface area contributed by atoms with Crippen LogP contribution in [-0.2, 0) is 0 Å². The first-order valence-corrected chi connectivity index (χ1v) is 6.06. The molecule has 19 heavy (non-hydrogen) atoms. The number of aromatic carboxylic acids is 1. The van der Waals surface area contributed by atoms with Crippen molar-refractivity contribution in [1.82, 2.24) is 4.98 Å². The highest BCUT2D eigenvalue weighted by Gasteiger charge is 2.19. The van der Waals surface area contributed by atoms with Gasteiger partial charge in [0.05, 0.1) is 6.61 Å². The van der Waals surface area contributed by atoms with E-state index in [-0.39, 0.29) is 5.56 Å². The van der Waals surface area contributed by atoms with Crippen molar-refractivity contribution in [3.05, 3.63) is 47.8 Å². The van der Waals surface area contributed by atoms with Gasteiger partial charge in [-0.05, 0) is 19.4 Å². The predicted octanol–water partition coefficient (Wildman–Crippen LogP) is 3.15. The topological polar surface area (TPSA) is 59.4 Å². The minimum absolute atomic E-state index is 0.0892. The second-order valence-corrected chi connectivity index (χ2v) is 4.07. The Morgan fingerprint density at radius 2 is 2.00 bits per heavy atom. The number of aryl methyl sites for hydroxylation is 1. The van der Waals surface area contributed by atoms with Crippen molar-refractivity contribution in [2.24, 2.45) is 0 Å². The average Bonchev–Trinajstić information content (AvgIpc) is 2.40. The highest BCUT2D eigenvalue weighted by Crippen LogP contribution is 2.35. The fourth-order valence-corrected chi connectivity index (χ4v) is 1.97. The average molecular weight is 257 g/mol. The molecule has 0 radical (unpaired) electrons. The molecule has 0 bridgehead atoms. The van der Waals surface area contributed by atoms with Crippen LogP contribution in [0.2, 0.25) is 0 Å². The van der Waals surface area contributed by atoms with E-state index in [0.717, 1.165) is 16.8 Å². The highest BCUT2D eigenvalue weighted by atomic mass is 16.5. The molecule has 0 amide bonds. The molecular formula is C15H15NO3. The van der Waals surface area contributed by atoms with E-state index in [0.29, 0.717) is 12.4 Å². The van der Waals surface area contributed by atoms with Crippen molar-refractivity contribution in [3.63, 3.8) is 0 Å². The number of hydrogen-bond acceptors (Lipinski definition) is 3. The van der Waals surface area contributed by atoms with E-state index >= 15 is 0 Å². The second kappa shape index (κ2) is 5.52. The van der Waals surface area contributed by atoms with Gasteiger partial charge in [-0.15, -0.1) is 0 Å². The smallest absolute Gasteiger partial charge is 0.341 e. The van der Waals surface area contributed by atoms with Gasteiger partial charge in [0.1, 0.15) is 11.3 Å². The van der Waals surface area contributed by atoms with E-state index in [1.54, 1.807) is 0 Å². The number of carboxylic acids is 1. The van der Waals surface area contributed by atoms with Gasteiger partial charge in [0.25, 0.3) is 0 Å². The van der Waals surface area contributed by atoms with E-state index < -0.39 is 5.97 Å². The zero-order valence-electron chi connectivity index (χ0n) is 10.9. The minimum atomic E-state index is -1.03. The minimum Gasteiger partial charge on any atom is -0.492 e. The zero-order valence-corrected chi connectivity index (χ0v) is 10.9. The highest BCUT2D eigenvalue weighted by molar-refractivity contribution is 5.94. The van der Waals surface area contributed by atoms with Crippen LogP contribution in [0, 0.1) is 6.92 Å². The number of nitrogens with zero attached hydrogens (tertiary/aromatic N) is 1. The third-order valence-corrected chi connectivity index (χ3v) is 2.80. The number of rotatable bonds is 4. The third-order valence-electron chi connectivity index (χ3n) is 2.80. The number of hydrogen-bond donors (Lipinski definition) is 1. The van der Waals surface area contributed by atoms with Crippen LogP contribution in [0.3, 0.4) is 0 Å². The van der Waals surface area contributed by atoms with Gasteiger partial charge in [-0.3, -0.25) is 4.98 Å². The number of carboxylic acid groups (broad SMARTS) is 1. The number of aromatic nitrogens is 1. The van der Waals surface area contributed by atoms with E-state index in [9.17, 15) is 9.90 Å². The summed E-state index contributed by atoms with van der Waals surface area (Å²) >= 11 is 0. The van der Waals surface area contributed by atoms with Crippen molar-refractivity contribution in [2.45, 2.75) is 13.8 Å². The molecule has 0 fully saturated rings. The fraction of sp³-hybridized carbons (Fsp3) is 0.200. The van der Waals surface area contributed by atoms with Gasteiger partial charge in [-0.1, -0.05) is 30.3 Å². The lowest BCUT2D eigenvalue weighted by molar-refractivity contribution is 0.0692. The Morgan fingerprint density at radius 1 is 1.32 bits per heavy atom. The number of pyridine rings is 1. The standard InChI is InChI=1S/C15H15NO3/c1-3-19-14-12(15(17)18)9-16-10(2)13(14)11-7-5-4-6-8-11/h4-9H,3H2,1-2H3,(H,17,18). The fourth-order valence-electron chi connectivity index (χ4n) is 1.97. The predicted molar refractivity (Wildman–Crippen MR) is 72.5 cm³/mol. The molecule has 0 aliphatic heterocycles. The second-order valence-electron chi connectivity index (χ2n) is 4.07. The molecule has 0 unspecified atom stereocenters. The molecule has 4 heteroatoms. The van der Waals surface area contributed by atoms with Crippen molar-refractivity contribution < 1.29 is 14.6 Å². The lowest BCUT2D eigenvalue weighted by atomic mass is 10.0. The molecule has 0 spiro atoms. The summed E-state index contributed by atoms with van der Waals surface area (Å²) in [5.41, 5.74) is 2.48. The molecule has 1 heterocycles. The molecule has 4 nitrogen and oxygen atoms in total. The van der Waals surface area contributed by atoms with Crippen LogP contribution < -0.4 is 4.74 Å². The molecule has 2 rings (SSSR count). The maximum absolute atomic E-state index is 11.3. The number of carbonyl (C=O) groups is 1.